The first kappa shape index (κ1) is 12.0. The van der Waals surface area contributed by atoms with Gasteiger partial charge in [0.1, 0.15) is 0 Å². The van der Waals surface area contributed by atoms with E-state index < -0.39 is 5.91 Å². The molecule has 0 aliphatic heterocycles. The SMILES string of the molecule is COc1c(NC(C)CC(N)=O)nc[nH]c1=O. The maximum atomic E-state index is 11.3. The zero-order chi connectivity index (χ0) is 12.1. The van der Waals surface area contributed by atoms with Gasteiger partial charge in [0.05, 0.1) is 13.4 Å². The fourth-order valence-corrected chi connectivity index (χ4v) is 1.27. The number of rotatable bonds is 5. The quantitative estimate of drug-likeness (QED) is 0.624. The molecular weight excluding hydrogens is 212 g/mol. The van der Waals surface area contributed by atoms with E-state index >= 15 is 0 Å². The molecule has 7 nitrogen and oxygen atoms in total. The van der Waals surface area contributed by atoms with Crippen molar-refractivity contribution in [1.29, 1.82) is 0 Å². The van der Waals surface area contributed by atoms with Gasteiger partial charge < -0.3 is 20.8 Å². The summed E-state index contributed by atoms with van der Waals surface area (Å²) in [5.74, 6) is -0.0531. The van der Waals surface area contributed by atoms with Crippen LogP contribution in [0.3, 0.4) is 0 Å². The molecule has 4 N–H and O–H groups in total. The highest BCUT2D eigenvalue weighted by atomic mass is 16.5. The van der Waals surface area contributed by atoms with Gasteiger partial charge in [-0.2, -0.15) is 0 Å². The van der Waals surface area contributed by atoms with Crippen LogP contribution in [0.15, 0.2) is 11.1 Å². The lowest BCUT2D eigenvalue weighted by Crippen LogP contribution is -2.25. The fourth-order valence-electron chi connectivity index (χ4n) is 1.27. The number of aromatic nitrogens is 2. The van der Waals surface area contributed by atoms with Crippen molar-refractivity contribution in [2.24, 2.45) is 5.73 Å². The maximum absolute atomic E-state index is 11.3. The number of nitrogens with zero attached hydrogens (tertiary/aromatic N) is 1. The van der Waals surface area contributed by atoms with Gasteiger partial charge in [0.25, 0.3) is 5.56 Å². The second-order valence-corrected chi connectivity index (χ2v) is 3.33. The summed E-state index contributed by atoms with van der Waals surface area (Å²) in [7, 11) is 1.37. The Labute approximate surface area is 92.0 Å². The van der Waals surface area contributed by atoms with Crippen LogP contribution in [0.25, 0.3) is 0 Å². The number of carbonyl (C=O) groups excluding carboxylic acids is 1. The van der Waals surface area contributed by atoms with Crippen molar-refractivity contribution in [1.82, 2.24) is 9.97 Å². The minimum Gasteiger partial charge on any atom is -0.489 e. The number of hydrogen-bond donors (Lipinski definition) is 3. The van der Waals surface area contributed by atoms with Crippen LogP contribution in [0, 0.1) is 0 Å². The summed E-state index contributed by atoms with van der Waals surface area (Å²) in [4.78, 5) is 28.3. The lowest BCUT2D eigenvalue weighted by Gasteiger charge is -2.14. The predicted molar refractivity (Wildman–Crippen MR) is 58.3 cm³/mol. The number of anilines is 1. The van der Waals surface area contributed by atoms with E-state index in [0.29, 0.717) is 5.82 Å². The number of carbonyl (C=O) groups is 1. The first-order chi connectivity index (χ1) is 7.54. The second-order valence-electron chi connectivity index (χ2n) is 3.33. The Kier molecular flexibility index (Phi) is 3.87. The van der Waals surface area contributed by atoms with Crippen molar-refractivity contribution < 1.29 is 9.53 Å². The number of methoxy groups -OCH3 is 1. The largest absolute Gasteiger partial charge is 0.489 e. The summed E-state index contributed by atoms with van der Waals surface area (Å²) in [5.41, 5.74) is 4.67. The van der Waals surface area contributed by atoms with Gasteiger partial charge in [-0.25, -0.2) is 4.98 Å². The Morgan fingerprint density at radius 2 is 2.44 bits per heavy atom. The third kappa shape index (κ3) is 2.97. The van der Waals surface area contributed by atoms with Gasteiger partial charge >= 0.3 is 0 Å². The number of ether oxygens (including phenoxy) is 1. The summed E-state index contributed by atoms with van der Waals surface area (Å²) in [6, 6.07) is -0.222. The lowest BCUT2D eigenvalue weighted by atomic mass is 10.2. The molecular formula is C9H14N4O3. The molecule has 1 heterocycles. The van der Waals surface area contributed by atoms with Crippen molar-refractivity contribution in [3.8, 4) is 5.75 Å². The monoisotopic (exact) mass is 226 g/mol. The third-order valence-electron chi connectivity index (χ3n) is 1.91. The summed E-state index contributed by atoms with van der Waals surface area (Å²) in [6.45, 7) is 1.76. The number of amides is 1. The molecule has 0 fully saturated rings. The molecule has 1 aromatic heterocycles. The molecule has 0 saturated heterocycles. The van der Waals surface area contributed by atoms with Crippen molar-refractivity contribution in [2.45, 2.75) is 19.4 Å². The molecule has 0 aliphatic carbocycles. The molecule has 7 heteroatoms. The molecule has 1 aromatic rings. The Hall–Kier alpha value is -2.05. The van der Waals surface area contributed by atoms with Gasteiger partial charge in [0, 0.05) is 12.5 Å². The number of primary amides is 1. The van der Waals surface area contributed by atoms with Gasteiger partial charge in [-0.05, 0) is 6.92 Å². The van der Waals surface area contributed by atoms with Gasteiger partial charge in [-0.15, -0.1) is 0 Å². The lowest BCUT2D eigenvalue weighted by molar-refractivity contribution is -0.118. The van der Waals surface area contributed by atoms with E-state index in [1.165, 1.54) is 13.4 Å². The minimum atomic E-state index is -0.427. The van der Waals surface area contributed by atoms with Crippen LogP contribution >= 0.6 is 0 Å². The molecule has 1 atom stereocenters. The first-order valence-corrected chi connectivity index (χ1v) is 4.71. The zero-order valence-electron chi connectivity index (χ0n) is 9.11. The highest BCUT2D eigenvalue weighted by molar-refractivity contribution is 5.74. The topological polar surface area (TPSA) is 110 Å². The standard InChI is InChI=1S/C9H14N4O3/c1-5(3-6(10)14)13-8-7(16-2)9(15)12-4-11-8/h4-5H,3H2,1-2H3,(H2,10,14)(H2,11,12,13,15). The van der Waals surface area contributed by atoms with Gasteiger partial charge in [-0.3, -0.25) is 9.59 Å². The van der Waals surface area contributed by atoms with Crippen LogP contribution in [-0.4, -0.2) is 29.0 Å². The summed E-state index contributed by atoms with van der Waals surface area (Å²) < 4.78 is 4.90. The minimum absolute atomic E-state index is 0.0822. The average Bonchev–Trinajstić information content (AvgIpc) is 2.16. The van der Waals surface area contributed by atoms with E-state index in [1.54, 1.807) is 6.92 Å². The molecule has 0 saturated carbocycles. The molecule has 0 spiro atoms. The highest BCUT2D eigenvalue weighted by Crippen LogP contribution is 2.15. The fraction of sp³-hybridized carbons (Fsp3) is 0.444. The smallest absolute Gasteiger partial charge is 0.295 e. The summed E-state index contributed by atoms with van der Waals surface area (Å²) >= 11 is 0. The molecule has 0 aliphatic rings. The second kappa shape index (κ2) is 5.15. The van der Waals surface area contributed by atoms with Gasteiger partial charge in [-0.1, -0.05) is 0 Å². The third-order valence-corrected chi connectivity index (χ3v) is 1.91. The van der Waals surface area contributed by atoms with Crippen molar-refractivity contribution in [3.05, 3.63) is 16.7 Å². The van der Waals surface area contributed by atoms with E-state index in [2.05, 4.69) is 15.3 Å². The van der Waals surface area contributed by atoms with Gasteiger partial charge in [0.2, 0.25) is 11.7 Å². The molecule has 1 amide bonds. The Morgan fingerprint density at radius 3 is 3.00 bits per heavy atom. The average molecular weight is 226 g/mol. The van der Waals surface area contributed by atoms with E-state index in [1.807, 2.05) is 0 Å². The van der Waals surface area contributed by atoms with E-state index in [-0.39, 0.29) is 23.8 Å². The molecule has 1 unspecified atom stereocenters. The van der Waals surface area contributed by atoms with Crippen molar-refractivity contribution in [2.75, 3.05) is 12.4 Å². The van der Waals surface area contributed by atoms with Gasteiger partial charge in [0.15, 0.2) is 5.82 Å². The number of H-pyrrole nitrogens is 1. The number of nitrogens with two attached hydrogens (primary N) is 1. The van der Waals surface area contributed by atoms with Crippen LogP contribution in [0.1, 0.15) is 13.3 Å². The normalized spacial score (nSPS) is 11.9. The molecule has 1 rings (SSSR count). The highest BCUT2D eigenvalue weighted by Gasteiger charge is 2.12. The summed E-state index contributed by atoms with van der Waals surface area (Å²) in [6.07, 6.45) is 1.40. The van der Waals surface area contributed by atoms with Crippen molar-refractivity contribution in [3.63, 3.8) is 0 Å². The number of aromatic amines is 1. The van der Waals surface area contributed by atoms with E-state index in [4.69, 9.17) is 10.5 Å². The number of nitrogens with one attached hydrogen (secondary N) is 2. The Balaban J connectivity index is 2.84. The molecule has 0 radical (unpaired) electrons. The molecule has 16 heavy (non-hydrogen) atoms. The Bertz CT molecular complexity index is 429. The zero-order valence-corrected chi connectivity index (χ0v) is 9.11. The van der Waals surface area contributed by atoms with Crippen LogP contribution in [0.2, 0.25) is 0 Å². The summed E-state index contributed by atoms with van der Waals surface area (Å²) in [5, 5.41) is 2.88. The molecule has 0 aromatic carbocycles. The van der Waals surface area contributed by atoms with Crippen LogP contribution < -0.4 is 21.3 Å². The maximum Gasteiger partial charge on any atom is 0.295 e. The van der Waals surface area contributed by atoms with Crippen LogP contribution in [0.5, 0.6) is 5.75 Å². The molecule has 0 bridgehead atoms. The Morgan fingerprint density at radius 1 is 1.75 bits per heavy atom. The van der Waals surface area contributed by atoms with Crippen LogP contribution in [0.4, 0.5) is 5.82 Å². The first-order valence-electron chi connectivity index (χ1n) is 4.71. The molecule has 88 valence electrons. The van der Waals surface area contributed by atoms with E-state index in [0.717, 1.165) is 0 Å². The number of hydrogen-bond acceptors (Lipinski definition) is 5. The van der Waals surface area contributed by atoms with E-state index in [9.17, 15) is 9.59 Å². The predicted octanol–water partition coefficient (Wildman–Crippen LogP) is -0.546. The van der Waals surface area contributed by atoms with Crippen LogP contribution in [-0.2, 0) is 4.79 Å². The van der Waals surface area contributed by atoms with Crippen molar-refractivity contribution >= 4 is 11.7 Å².